The van der Waals surface area contributed by atoms with Crippen molar-refractivity contribution in [2.24, 2.45) is 0 Å². The predicted molar refractivity (Wildman–Crippen MR) is 90.6 cm³/mol. The molecule has 5 nitrogen and oxygen atoms in total. The van der Waals surface area contributed by atoms with Crippen LogP contribution in [0.25, 0.3) is 0 Å². The van der Waals surface area contributed by atoms with Crippen molar-refractivity contribution >= 4 is 5.91 Å². The van der Waals surface area contributed by atoms with Crippen LogP contribution in [0.4, 0.5) is 0 Å². The van der Waals surface area contributed by atoms with Crippen molar-refractivity contribution in [2.75, 3.05) is 33.3 Å². The highest BCUT2D eigenvalue weighted by Gasteiger charge is 2.34. The number of nitrogens with one attached hydrogen (secondary N) is 1. The summed E-state index contributed by atoms with van der Waals surface area (Å²) in [7, 11) is 1.60. The molecule has 1 heterocycles. The Morgan fingerprint density at radius 2 is 2.30 bits per heavy atom. The molecule has 1 fully saturated rings. The smallest absolute Gasteiger partial charge is 0.222 e. The Hall–Kier alpha value is -1.59. The van der Waals surface area contributed by atoms with E-state index < -0.39 is 5.60 Å². The van der Waals surface area contributed by atoms with Gasteiger partial charge in [-0.15, -0.1) is 0 Å². The Morgan fingerprint density at radius 3 is 3.04 bits per heavy atom. The normalized spacial score (nSPS) is 21.9. The minimum atomic E-state index is -0.916. The van der Waals surface area contributed by atoms with Gasteiger partial charge in [-0.2, -0.15) is 0 Å². The predicted octanol–water partition coefficient (Wildman–Crippen LogP) is 1.59. The van der Waals surface area contributed by atoms with Gasteiger partial charge in [0, 0.05) is 20.1 Å². The third-order valence-electron chi connectivity index (χ3n) is 4.39. The molecule has 0 aromatic heterocycles. The summed E-state index contributed by atoms with van der Waals surface area (Å²) in [5.74, 6) is 0.781. The van der Waals surface area contributed by atoms with Gasteiger partial charge in [0.2, 0.25) is 5.91 Å². The number of carbonyl (C=O) groups excluding carboxylic acids is 1. The molecule has 5 heteroatoms. The van der Waals surface area contributed by atoms with Crippen LogP contribution in [0.1, 0.15) is 31.7 Å². The van der Waals surface area contributed by atoms with E-state index in [1.807, 2.05) is 12.1 Å². The minimum Gasteiger partial charge on any atom is -0.492 e. The highest BCUT2D eigenvalue weighted by atomic mass is 16.5. The molecule has 128 valence electrons. The highest BCUT2D eigenvalue weighted by molar-refractivity contribution is 5.76. The summed E-state index contributed by atoms with van der Waals surface area (Å²) < 4.78 is 5.82. The zero-order valence-electron chi connectivity index (χ0n) is 14.2. The second-order valence-corrected chi connectivity index (χ2v) is 6.30. The maximum absolute atomic E-state index is 11.5. The van der Waals surface area contributed by atoms with Gasteiger partial charge in [-0.3, -0.25) is 9.69 Å². The largest absolute Gasteiger partial charge is 0.492 e. The summed E-state index contributed by atoms with van der Waals surface area (Å²) in [5.41, 5.74) is 0.348. The molecule has 1 aromatic rings. The number of ether oxygens (including phenoxy) is 1. The number of rotatable bonds is 7. The number of aliphatic hydroxyl groups is 1. The molecule has 1 aromatic carbocycles. The number of nitrogens with zero attached hydrogens (tertiary/aromatic N) is 1. The van der Waals surface area contributed by atoms with Gasteiger partial charge in [0.1, 0.15) is 12.4 Å². The first-order chi connectivity index (χ1) is 11.0. The number of likely N-dealkylation sites (tertiary alicyclic amines) is 1. The fourth-order valence-corrected chi connectivity index (χ4v) is 3.08. The molecular weight excluding hydrogens is 292 g/mol. The SMILES string of the molecule is CCc1cccc(OCCN2CCCC(O)(CC(=O)NC)C2)c1. The lowest BCUT2D eigenvalue weighted by atomic mass is 9.89. The number of β-amino-alcohol motifs (C(OH)–C–C–N with tert-alkyl or cyclic N) is 1. The molecule has 1 aliphatic rings. The van der Waals surface area contributed by atoms with Crippen molar-refractivity contribution in [3.8, 4) is 5.75 Å². The van der Waals surface area contributed by atoms with E-state index in [9.17, 15) is 9.90 Å². The number of benzene rings is 1. The Balaban J connectivity index is 1.80. The van der Waals surface area contributed by atoms with Gasteiger partial charge < -0.3 is 15.2 Å². The van der Waals surface area contributed by atoms with Crippen molar-refractivity contribution in [1.82, 2.24) is 10.2 Å². The molecule has 1 saturated heterocycles. The molecular formula is C18H28N2O3. The van der Waals surface area contributed by atoms with Crippen LogP contribution in [0.15, 0.2) is 24.3 Å². The van der Waals surface area contributed by atoms with Crippen molar-refractivity contribution in [1.29, 1.82) is 0 Å². The molecule has 0 radical (unpaired) electrons. The number of aryl methyl sites for hydroxylation is 1. The van der Waals surface area contributed by atoms with E-state index in [1.165, 1.54) is 5.56 Å². The topological polar surface area (TPSA) is 61.8 Å². The quantitative estimate of drug-likeness (QED) is 0.801. The number of hydrogen-bond donors (Lipinski definition) is 2. The summed E-state index contributed by atoms with van der Waals surface area (Å²) in [5, 5.41) is 13.2. The first-order valence-corrected chi connectivity index (χ1v) is 8.42. The van der Waals surface area contributed by atoms with Gasteiger partial charge >= 0.3 is 0 Å². The second kappa shape index (κ2) is 8.31. The third-order valence-corrected chi connectivity index (χ3v) is 4.39. The molecule has 1 unspecified atom stereocenters. The van der Waals surface area contributed by atoms with Gasteiger partial charge in [0.15, 0.2) is 0 Å². The second-order valence-electron chi connectivity index (χ2n) is 6.30. The van der Waals surface area contributed by atoms with Crippen LogP contribution in [0.2, 0.25) is 0 Å². The van der Waals surface area contributed by atoms with Crippen molar-refractivity contribution in [3.63, 3.8) is 0 Å². The van der Waals surface area contributed by atoms with E-state index in [4.69, 9.17) is 4.74 Å². The third kappa shape index (κ3) is 5.52. The van der Waals surface area contributed by atoms with Crippen LogP contribution in [0.5, 0.6) is 5.75 Å². The van der Waals surface area contributed by atoms with Crippen LogP contribution in [0, 0.1) is 0 Å². The summed E-state index contributed by atoms with van der Waals surface area (Å²) in [6.45, 7) is 4.93. The fourth-order valence-electron chi connectivity index (χ4n) is 3.08. The van der Waals surface area contributed by atoms with Gasteiger partial charge in [-0.05, 0) is 43.5 Å². The molecule has 23 heavy (non-hydrogen) atoms. The van der Waals surface area contributed by atoms with Gasteiger partial charge in [-0.25, -0.2) is 0 Å². The van der Waals surface area contributed by atoms with E-state index in [-0.39, 0.29) is 12.3 Å². The molecule has 0 spiro atoms. The Labute approximate surface area is 138 Å². The molecule has 1 amide bonds. The number of piperidine rings is 1. The standard InChI is InChI=1S/C18H28N2O3/c1-3-15-6-4-7-16(12-15)23-11-10-20-9-5-8-18(22,14-20)13-17(21)19-2/h4,6-7,12,22H,3,5,8-11,13-14H2,1-2H3,(H,19,21). The summed E-state index contributed by atoms with van der Waals surface area (Å²) in [4.78, 5) is 13.7. The average molecular weight is 320 g/mol. The van der Waals surface area contributed by atoms with Crippen LogP contribution >= 0.6 is 0 Å². The van der Waals surface area contributed by atoms with Crippen LogP contribution in [-0.2, 0) is 11.2 Å². The van der Waals surface area contributed by atoms with E-state index in [1.54, 1.807) is 7.05 Å². The Kier molecular flexibility index (Phi) is 6.42. The van der Waals surface area contributed by atoms with E-state index >= 15 is 0 Å². The lowest BCUT2D eigenvalue weighted by molar-refractivity contribution is -0.128. The summed E-state index contributed by atoms with van der Waals surface area (Å²) >= 11 is 0. The highest BCUT2D eigenvalue weighted by Crippen LogP contribution is 2.24. The number of carbonyl (C=O) groups is 1. The van der Waals surface area contributed by atoms with E-state index in [0.29, 0.717) is 19.6 Å². The lowest BCUT2D eigenvalue weighted by Gasteiger charge is -2.38. The first-order valence-electron chi connectivity index (χ1n) is 8.42. The molecule has 2 rings (SSSR count). The lowest BCUT2D eigenvalue weighted by Crippen LogP contribution is -2.51. The molecule has 2 N–H and O–H groups in total. The number of amides is 1. The van der Waals surface area contributed by atoms with E-state index in [2.05, 4.69) is 29.3 Å². The summed E-state index contributed by atoms with van der Waals surface area (Å²) in [6.07, 6.45) is 2.74. The minimum absolute atomic E-state index is 0.109. The van der Waals surface area contributed by atoms with Crippen LogP contribution < -0.4 is 10.1 Å². The average Bonchev–Trinajstić information content (AvgIpc) is 2.54. The van der Waals surface area contributed by atoms with Crippen molar-refractivity contribution in [2.45, 2.75) is 38.2 Å². The molecule has 0 bridgehead atoms. The number of hydrogen-bond acceptors (Lipinski definition) is 4. The van der Waals surface area contributed by atoms with Crippen LogP contribution in [0.3, 0.4) is 0 Å². The van der Waals surface area contributed by atoms with Gasteiger partial charge in [0.25, 0.3) is 0 Å². The fraction of sp³-hybridized carbons (Fsp3) is 0.611. The Bertz CT molecular complexity index is 521. The Morgan fingerprint density at radius 1 is 1.48 bits per heavy atom. The molecule has 1 atom stereocenters. The van der Waals surface area contributed by atoms with Gasteiger partial charge in [0.05, 0.1) is 12.0 Å². The maximum Gasteiger partial charge on any atom is 0.222 e. The van der Waals surface area contributed by atoms with Gasteiger partial charge in [-0.1, -0.05) is 19.1 Å². The zero-order valence-corrected chi connectivity index (χ0v) is 14.2. The molecule has 0 saturated carbocycles. The summed E-state index contributed by atoms with van der Waals surface area (Å²) in [6, 6.07) is 8.14. The first kappa shape index (κ1) is 17.8. The van der Waals surface area contributed by atoms with Crippen molar-refractivity contribution < 1.29 is 14.6 Å². The van der Waals surface area contributed by atoms with Crippen molar-refractivity contribution in [3.05, 3.63) is 29.8 Å². The molecule has 0 aliphatic carbocycles. The maximum atomic E-state index is 11.5. The van der Waals surface area contributed by atoms with Crippen LogP contribution in [-0.4, -0.2) is 54.8 Å². The monoisotopic (exact) mass is 320 g/mol. The zero-order chi connectivity index (χ0) is 16.7. The van der Waals surface area contributed by atoms with E-state index in [0.717, 1.165) is 31.7 Å². The molecule has 1 aliphatic heterocycles.